The molecule has 1 aliphatic heterocycles. The number of carbonyl (C=O) groups excluding carboxylic acids is 2. The third-order valence-electron chi connectivity index (χ3n) is 6.23. The molecule has 1 aliphatic rings. The van der Waals surface area contributed by atoms with Gasteiger partial charge in [0.1, 0.15) is 5.57 Å². The highest BCUT2D eigenvalue weighted by Gasteiger charge is 2.38. The van der Waals surface area contributed by atoms with Gasteiger partial charge in [0, 0.05) is 22.8 Å². The Morgan fingerprint density at radius 1 is 0.909 bits per heavy atom. The fourth-order valence-corrected chi connectivity index (χ4v) is 4.65. The second-order valence-corrected chi connectivity index (χ2v) is 8.38. The number of benzene rings is 2. The maximum atomic E-state index is 13.4. The van der Waals surface area contributed by atoms with Crippen LogP contribution in [0.5, 0.6) is 0 Å². The van der Waals surface area contributed by atoms with Crippen molar-refractivity contribution < 1.29 is 14.3 Å². The maximum absolute atomic E-state index is 13.4. The van der Waals surface area contributed by atoms with E-state index in [4.69, 9.17) is 4.74 Å². The largest absolute Gasteiger partial charge is 0.465 e. The monoisotopic (exact) mass is 440 g/mol. The van der Waals surface area contributed by atoms with Crippen LogP contribution in [0.2, 0.25) is 0 Å². The van der Waals surface area contributed by atoms with Gasteiger partial charge in [0.25, 0.3) is 0 Å². The van der Waals surface area contributed by atoms with E-state index in [9.17, 15) is 9.59 Å². The van der Waals surface area contributed by atoms with Crippen LogP contribution in [-0.2, 0) is 14.3 Å². The molecule has 0 aliphatic carbocycles. The van der Waals surface area contributed by atoms with Crippen molar-refractivity contribution in [1.29, 1.82) is 0 Å². The molecule has 0 spiro atoms. The number of para-hydroxylation sites is 2. The summed E-state index contributed by atoms with van der Waals surface area (Å²) < 4.78 is 7.14. The molecule has 0 unspecified atom stereocenters. The normalized spacial score (nSPS) is 15.0. The Balaban J connectivity index is 1.90. The number of hydrogen-bond acceptors (Lipinski definition) is 4. The number of ketones is 1. The first kappa shape index (κ1) is 22.3. The van der Waals surface area contributed by atoms with Crippen molar-refractivity contribution in [1.82, 2.24) is 4.57 Å². The Kier molecular flexibility index (Phi) is 5.81. The Labute approximate surface area is 194 Å². The quantitative estimate of drug-likeness (QED) is 0.302. The highest BCUT2D eigenvalue weighted by Crippen LogP contribution is 2.36. The van der Waals surface area contributed by atoms with E-state index in [2.05, 4.69) is 56.5 Å². The predicted molar refractivity (Wildman–Crippen MR) is 131 cm³/mol. The van der Waals surface area contributed by atoms with Crippen molar-refractivity contribution in [3.05, 3.63) is 99.6 Å². The van der Waals surface area contributed by atoms with Crippen molar-refractivity contribution in [2.45, 2.75) is 34.6 Å². The van der Waals surface area contributed by atoms with E-state index >= 15 is 0 Å². The van der Waals surface area contributed by atoms with E-state index < -0.39 is 5.97 Å². The minimum absolute atomic E-state index is 0.0659. The number of hydrogen-bond donors (Lipinski definition) is 0. The number of Topliss-reactive ketones (excluding diaryl/α,β-unsaturated/α-hetero) is 1. The van der Waals surface area contributed by atoms with Gasteiger partial charge in [0.15, 0.2) is 0 Å². The Hall–Kier alpha value is -3.86. The Morgan fingerprint density at radius 3 is 2.15 bits per heavy atom. The SMILES string of the molecule is COC(=O)C1=C(C)N(c2ccccc2)/C(=C\c2cc(C)n(-c3c(C)cccc3C)c2C)C1=O. The lowest BCUT2D eigenvalue weighted by Crippen LogP contribution is -2.18. The molecule has 0 atom stereocenters. The number of anilines is 1. The number of nitrogens with zero attached hydrogens (tertiary/aromatic N) is 2. The standard InChI is InChI=1S/C28H28N2O3/c1-17-11-10-12-18(2)26(17)29-19(3)15-22(20(29)4)16-24-27(31)25(28(32)33-6)21(5)30(24)23-13-8-7-9-14-23/h7-16H,1-6H3/b24-16-. The second kappa shape index (κ2) is 8.58. The van der Waals surface area contributed by atoms with Gasteiger partial charge in [0.2, 0.25) is 5.78 Å². The van der Waals surface area contributed by atoms with Crippen LogP contribution >= 0.6 is 0 Å². The van der Waals surface area contributed by atoms with E-state index in [0.29, 0.717) is 11.4 Å². The molecule has 0 bridgehead atoms. The Bertz CT molecular complexity index is 1310. The molecule has 5 heteroatoms. The van der Waals surface area contributed by atoms with E-state index in [0.717, 1.165) is 28.3 Å². The first-order valence-electron chi connectivity index (χ1n) is 10.9. The number of rotatable bonds is 4. The van der Waals surface area contributed by atoms with Gasteiger partial charge in [0.05, 0.1) is 18.5 Å². The van der Waals surface area contributed by atoms with Gasteiger partial charge in [-0.25, -0.2) is 4.79 Å². The lowest BCUT2D eigenvalue weighted by atomic mass is 10.1. The third kappa shape index (κ3) is 3.69. The molecule has 168 valence electrons. The first-order valence-corrected chi connectivity index (χ1v) is 10.9. The molecule has 0 saturated heterocycles. The van der Waals surface area contributed by atoms with Crippen LogP contribution in [0.25, 0.3) is 11.8 Å². The van der Waals surface area contributed by atoms with Gasteiger partial charge in [-0.1, -0.05) is 36.4 Å². The summed E-state index contributed by atoms with van der Waals surface area (Å²) in [4.78, 5) is 27.7. The molecule has 33 heavy (non-hydrogen) atoms. The molecule has 4 rings (SSSR count). The fourth-order valence-electron chi connectivity index (χ4n) is 4.65. The highest BCUT2D eigenvalue weighted by atomic mass is 16.5. The molecule has 5 nitrogen and oxygen atoms in total. The molecule has 2 heterocycles. The van der Waals surface area contributed by atoms with Crippen LogP contribution < -0.4 is 4.90 Å². The van der Waals surface area contributed by atoms with Gasteiger partial charge in [-0.2, -0.15) is 0 Å². The van der Waals surface area contributed by atoms with Crippen molar-refractivity contribution in [3.8, 4) is 5.69 Å². The average molecular weight is 441 g/mol. The summed E-state index contributed by atoms with van der Waals surface area (Å²) in [7, 11) is 1.29. The van der Waals surface area contributed by atoms with E-state index in [1.165, 1.54) is 18.2 Å². The number of aromatic nitrogens is 1. The zero-order chi connectivity index (χ0) is 23.9. The van der Waals surface area contributed by atoms with Gasteiger partial charge in [-0.3, -0.25) is 4.79 Å². The first-order chi connectivity index (χ1) is 15.8. The van der Waals surface area contributed by atoms with E-state index in [-0.39, 0.29) is 11.4 Å². The number of esters is 1. The number of carbonyl (C=O) groups is 2. The van der Waals surface area contributed by atoms with Crippen LogP contribution in [0.3, 0.4) is 0 Å². The van der Waals surface area contributed by atoms with Gasteiger partial charge < -0.3 is 14.2 Å². The van der Waals surface area contributed by atoms with Crippen LogP contribution in [0, 0.1) is 27.7 Å². The summed E-state index contributed by atoms with van der Waals surface area (Å²) in [6.45, 7) is 10.1. The van der Waals surface area contributed by atoms with Gasteiger partial charge in [-0.05, 0) is 75.6 Å². The molecule has 0 N–H and O–H groups in total. The zero-order valence-corrected chi connectivity index (χ0v) is 19.9. The molecule has 0 fully saturated rings. The van der Waals surface area contributed by atoms with Crippen molar-refractivity contribution in [3.63, 3.8) is 0 Å². The highest BCUT2D eigenvalue weighted by molar-refractivity contribution is 6.30. The van der Waals surface area contributed by atoms with Crippen LogP contribution in [0.15, 0.2) is 71.6 Å². The third-order valence-corrected chi connectivity index (χ3v) is 6.23. The topological polar surface area (TPSA) is 51.5 Å². The fraction of sp³-hybridized carbons (Fsp3) is 0.214. The minimum atomic E-state index is -0.622. The second-order valence-electron chi connectivity index (χ2n) is 8.38. The van der Waals surface area contributed by atoms with Crippen molar-refractivity contribution >= 4 is 23.5 Å². The molecule has 0 amide bonds. The summed E-state index contributed by atoms with van der Waals surface area (Å²) in [5.41, 5.74) is 8.43. The summed E-state index contributed by atoms with van der Waals surface area (Å²) in [6.07, 6.45) is 1.88. The predicted octanol–water partition coefficient (Wildman–Crippen LogP) is 5.59. The summed E-state index contributed by atoms with van der Waals surface area (Å²) in [6, 6.07) is 17.9. The summed E-state index contributed by atoms with van der Waals surface area (Å²) in [5, 5.41) is 0. The number of methoxy groups -OCH3 is 1. The molecule has 0 radical (unpaired) electrons. The number of aryl methyl sites for hydroxylation is 3. The zero-order valence-electron chi connectivity index (χ0n) is 19.9. The van der Waals surface area contributed by atoms with Crippen molar-refractivity contribution in [2.24, 2.45) is 0 Å². The Morgan fingerprint density at radius 2 is 1.55 bits per heavy atom. The molecule has 3 aromatic rings. The summed E-state index contributed by atoms with van der Waals surface area (Å²) >= 11 is 0. The number of ether oxygens (including phenoxy) is 1. The maximum Gasteiger partial charge on any atom is 0.343 e. The minimum Gasteiger partial charge on any atom is -0.465 e. The molecular formula is C28H28N2O3. The van der Waals surface area contributed by atoms with E-state index in [1.807, 2.05) is 41.3 Å². The van der Waals surface area contributed by atoms with Crippen LogP contribution in [0.4, 0.5) is 5.69 Å². The van der Waals surface area contributed by atoms with Gasteiger partial charge in [-0.15, -0.1) is 0 Å². The summed E-state index contributed by atoms with van der Waals surface area (Å²) in [5.74, 6) is -0.956. The lowest BCUT2D eigenvalue weighted by molar-refractivity contribution is -0.137. The van der Waals surface area contributed by atoms with Crippen LogP contribution in [0.1, 0.15) is 35.0 Å². The molecule has 0 saturated carbocycles. The molecule has 2 aromatic carbocycles. The van der Waals surface area contributed by atoms with Crippen molar-refractivity contribution in [2.75, 3.05) is 12.0 Å². The molecule has 1 aromatic heterocycles. The van der Waals surface area contributed by atoms with E-state index in [1.54, 1.807) is 6.92 Å². The molecular weight excluding hydrogens is 412 g/mol. The van der Waals surface area contributed by atoms with Gasteiger partial charge >= 0.3 is 5.97 Å². The average Bonchev–Trinajstić information content (AvgIpc) is 3.20. The smallest absolute Gasteiger partial charge is 0.343 e. The number of allylic oxidation sites excluding steroid dienone is 2. The lowest BCUT2D eigenvalue weighted by Gasteiger charge is -2.21. The van der Waals surface area contributed by atoms with Crippen LogP contribution in [-0.4, -0.2) is 23.4 Å².